The largest absolute Gasteiger partial charge is 0.497 e. The van der Waals surface area contributed by atoms with Gasteiger partial charge in [0.25, 0.3) is 0 Å². The molecule has 1 N–H and O–H groups in total. The van der Waals surface area contributed by atoms with E-state index in [4.69, 9.17) is 4.74 Å². The fourth-order valence-electron chi connectivity index (χ4n) is 2.97. The normalized spacial score (nSPS) is 18.7. The number of likely N-dealkylation sites (tertiary alicyclic amines) is 1. The monoisotopic (exact) mass is 326 g/mol. The second kappa shape index (κ2) is 9.01. The molecule has 1 saturated heterocycles. The van der Waals surface area contributed by atoms with Gasteiger partial charge in [-0.2, -0.15) is 0 Å². The highest BCUT2D eigenvalue weighted by Crippen LogP contribution is 2.25. The van der Waals surface area contributed by atoms with E-state index in [1.165, 1.54) is 0 Å². The molecule has 0 saturated carbocycles. The van der Waals surface area contributed by atoms with Gasteiger partial charge in [0, 0.05) is 19.5 Å². The Morgan fingerprint density at radius 3 is 2.95 bits per heavy atom. The molecule has 1 aliphatic rings. The van der Waals surface area contributed by atoms with Crippen LogP contribution in [0.5, 0.6) is 5.75 Å². The number of benzene rings is 1. The van der Waals surface area contributed by atoms with Crippen LogP contribution in [0, 0.1) is 5.92 Å². The lowest BCUT2D eigenvalue weighted by Crippen LogP contribution is -2.31. The summed E-state index contributed by atoms with van der Waals surface area (Å²) in [5.74, 6) is 1.94. The number of nitrogens with one attached hydrogen (secondary N) is 1. The summed E-state index contributed by atoms with van der Waals surface area (Å²) in [4.78, 5) is 14.4. The molecule has 0 aromatic heterocycles. The molecule has 2 rings (SSSR count). The lowest BCUT2D eigenvalue weighted by Gasteiger charge is -2.19. The first-order chi connectivity index (χ1) is 10.1. The van der Waals surface area contributed by atoms with Crippen molar-refractivity contribution in [3.05, 3.63) is 29.8 Å². The topological polar surface area (TPSA) is 41.6 Å². The summed E-state index contributed by atoms with van der Waals surface area (Å²) in [6.45, 7) is 4.89. The van der Waals surface area contributed by atoms with Crippen molar-refractivity contribution >= 4 is 18.3 Å². The summed E-state index contributed by atoms with van der Waals surface area (Å²) >= 11 is 0. The van der Waals surface area contributed by atoms with E-state index in [9.17, 15) is 4.79 Å². The molecule has 124 valence electrons. The Morgan fingerprint density at radius 1 is 1.50 bits per heavy atom. The average molecular weight is 327 g/mol. The second-order valence-electron chi connectivity index (χ2n) is 5.93. The van der Waals surface area contributed by atoms with Crippen molar-refractivity contribution in [2.24, 2.45) is 5.92 Å². The Morgan fingerprint density at radius 2 is 2.27 bits per heavy atom. The molecular formula is C17H27ClN2O2. The standard InChI is InChI=1S/C17H26N2O2.ClH/c1-13(15-5-4-6-16(10-15)21-3)9-17(20)19-8-7-14(12-19)11-18-2;/h4-6,10,13-14,18H,7-9,11-12H2,1-3H3;1H. The van der Waals surface area contributed by atoms with E-state index in [0.717, 1.165) is 37.4 Å². The van der Waals surface area contributed by atoms with Crippen molar-refractivity contribution in [1.82, 2.24) is 10.2 Å². The minimum atomic E-state index is 0. The van der Waals surface area contributed by atoms with E-state index in [1.807, 2.05) is 30.1 Å². The summed E-state index contributed by atoms with van der Waals surface area (Å²) in [5, 5.41) is 3.20. The second-order valence-corrected chi connectivity index (χ2v) is 5.93. The first kappa shape index (κ1) is 18.8. The van der Waals surface area contributed by atoms with Crippen LogP contribution >= 0.6 is 12.4 Å². The number of ether oxygens (including phenoxy) is 1. The molecule has 0 aliphatic carbocycles. The van der Waals surface area contributed by atoms with Crippen LogP contribution in [0.25, 0.3) is 0 Å². The van der Waals surface area contributed by atoms with E-state index in [1.54, 1.807) is 7.11 Å². The van der Waals surface area contributed by atoms with Crippen molar-refractivity contribution in [3.8, 4) is 5.75 Å². The molecule has 2 atom stereocenters. The third-order valence-electron chi connectivity index (χ3n) is 4.27. The number of nitrogens with zero attached hydrogens (tertiary/aromatic N) is 1. The first-order valence-corrected chi connectivity index (χ1v) is 7.70. The molecular weight excluding hydrogens is 300 g/mol. The van der Waals surface area contributed by atoms with Crippen molar-refractivity contribution in [2.45, 2.75) is 25.7 Å². The van der Waals surface area contributed by atoms with E-state index >= 15 is 0 Å². The van der Waals surface area contributed by atoms with E-state index < -0.39 is 0 Å². The third-order valence-corrected chi connectivity index (χ3v) is 4.27. The summed E-state index contributed by atoms with van der Waals surface area (Å²) in [7, 11) is 3.64. The zero-order valence-corrected chi connectivity index (χ0v) is 14.5. The van der Waals surface area contributed by atoms with Crippen molar-refractivity contribution in [3.63, 3.8) is 0 Å². The summed E-state index contributed by atoms with van der Waals surface area (Å²) in [5.41, 5.74) is 1.16. The maximum atomic E-state index is 12.4. The van der Waals surface area contributed by atoms with Gasteiger partial charge in [-0.05, 0) is 49.5 Å². The average Bonchev–Trinajstić information content (AvgIpc) is 2.96. The molecule has 1 fully saturated rings. The molecule has 1 aromatic rings. The van der Waals surface area contributed by atoms with Gasteiger partial charge in [0.15, 0.2) is 0 Å². The summed E-state index contributed by atoms with van der Waals surface area (Å²) in [6.07, 6.45) is 1.68. The van der Waals surface area contributed by atoms with Crippen LogP contribution in [0.3, 0.4) is 0 Å². The lowest BCUT2D eigenvalue weighted by molar-refractivity contribution is -0.130. The Hall–Kier alpha value is -1.26. The van der Waals surface area contributed by atoms with Crippen LogP contribution in [-0.2, 0) is 4.79 Å². The molecule has 1 heterocycles. The number of carbonyl (C=O) groups excluding carboxylic acids is 1. The molecule has 5 heteroatoms. The van der Waals surface area contributed by atoms with E-state index in [2.05, 4.69) is 18.3 Å². The fourth-order valence-corrected chi connectivity index (χ4v) is 2.97. The zero-order chi connectivity index (χ0) is 15.2. The Labute approximate surface area is 139 Å². The minimum absolute atomic E-state index is 0. The molecule has 1 amide bonds. The van der Waals surface area contributed by atoms with E-state index in [-0.39, 0.29) is 24.2 Å². The van der Waals surface area contributed by atoms with Crippen LogP contribution < -0.4 is 10.1 Å². The van der Waals surface area contributed by atoms with Crippen LogP contribution in [0.4, 0.5) is 0 Å². The summed E-state index contributed by atoms with van der Waals surface area (Å²) in [6, 6.07) is 7.99. The Balaban J connectivity index is 0.00000242. The van der Waals surface area contributed by atoms with Crippen molar-refractivity contribution < 1.29 is 9.53 Å². The molecule has 1 aromatic carbocycles. The predicted octanol–water partition coefficient (Wildman–Crippen LogP) is 2.68. The number of amides is 1. The fraction of sp³-hybridized carbons (Fsp3) is 0.588. The Kier molecular flexibility index (Phi) is 7.69. The minimum Gasteiger partial charge on any atom is -0.497 e. The van der Waals surface area contributed by atoms with Gasteiger partial charge in [-0.3, -0.25) is 4.79 Å². The van der Waals surface area contributed by atoms with Gasteiger partial charge in [0.05, 0.1) is 7.11 Å². The maximum absolute atomic E-state index is 12.4. The smallest absolute Gasteiger partial charge is 0.223 e. The predicted molar refractivity (Wildman–Crippen MR) is 91.9 cm³/mol. The summed E-state index contributed by atoms with van der Waals surface area (Å²) < 4.78 is 5.25. The van der Waals surface area contributed by atoms with Crippen LogP contribution in [-0.4, -0.2) is 44.6 Å². The van der Waals surface area contributed by atoms with Crippen LogP contribution in [0.2, 0.25) is 0 Å². The molecule has 22 heavy (non-hydrogen) atoms. The SMILES string of the molecule is CNCC1CCN(C(=O)CC(C)c2cccc(OC)c2)C1.Cl. The highest BCUT2D eigenvalue weighted by atomic mass is 35.5. The molecule has 2 unspecified atom stereocenters. The van der Waals surface area contributed by atoms with Crippen molar-refractivity contribution in [1.29, 1.82) is 0 Å². The molecule has 4 nitrogen and oxygen atoms in total. The van der Waals surface area contributed by atoms with Gasteiger partial charge >= 0.3 is 0 Å². The van der Waals surface area contributed by atoms with Gasteiger partial charge in [-0.25, -0.2) is 0 Å². The maximum Gasteiger partial charge on any atom is 0.223 e. The number of halogens is 1. The lowest BCUT2D eigenvalue weighted by atomic mass is 9.97. The highest BCUT2D eigenvalue weighted by molar-refractivity contribution is 5.85. The third kappa shape index (κ3) is 4.89. The van der Waals surface area contributed by atoms with E-state index in [0.29, 0.717) is 12.3 Å². The number of carbonyl (C=O) groups is 1. The van der Waals surface area contributed by atoms with Crippen LogP contribution in [0.1, 0.15) is 31.2 Å². The van der Waals surface area contributed by atoms with Gasteiger partial charge in [0.1, 0.15) is 5.75 Å². The van der Waals surface area contributed by atoms with Crippen molar-refractivity contribution in [2.75, 3.05) is 33.8 Å². The quantitative estimate of drug-likeness (QED) is 0.874. The highest BCUT2D eigenvalue weighted by Gasteiger charge is 2.26. The molecule has 0 bridgehead atoms. The molecule has 1 aliphatic heterocycles. The number of rotatable bonds is 6. The molecule has 0 radical (unpaired) electrons. The first-order valence-electron chi connectivity index (χ1n) is 7.70. The number of methoxy groups -OCH3 is 1. The number of hydrogen-bond donors (Lipinski definition) is 1. The molecule has 0 spiro atoms. The Bertz CT molecular complexity index is 481. The van der Waals surface area contributed by atoms with Gasteiger partial charge in [-0.1, -0.05) is 19.1 Å². The van der Waals surface area contributed by atoms with Gasteiger partial charge in [-0.15, -0.1) is 12.4 Å². The zero-order valence-electron chi connectivity index (χ0n) is 13.7. The number of hydrogen-bond acceptors (Lipinski definition) is 3. The van der Waals surface area contributed by atoms with Gasteiger partial charge < -0.3 is 15.0 Å². The van der Waals surface area contributed by atoms with Crippen LogP contribution in [0.15, 0.2) is 24.3 Å². The van der Waals surface area contributed by atoms with Gasteiger partial charge in [0.2, 0.25) is 5.91 Å².